The summed E-state index contributed by atoms with van der Waals surface area (Å²) in [5, 5.41) is 8.55. The third-order valence-electron chi connectivity index (χ3n) is 4.37. The molecule has 0 aliphatic heterocycles. The summed E-state index contributed by atoms with van der Waals surface area (Å²) in [4.78, 5) is 17.5. The van der Waals surface area contributed by atoms with Crippen molar-refractivity contribution in [3.8, 4) is 11.3 Å². The number of nitrogens with zero attached hydrogens (tertiary/aromatic N) is 3. The van der Waals surface area contributed by atoms with Gasteiger partial charge >= 0.3 is 6.18 Å². The SMILES string of the molecule is O=C(CNc1cccc(C(F)(F)F)c1)N/N=C\c1c(-c2ccccc2)nc2sccn12. The minimum Gasteiger partial charge on any atom is -0.376 e. The maximum atomic E-state index is 12.8. The molecule has 2 N–H and O–H groups in total. The van der Waals surface area contributed by atoms with Crippen LogP contribution in [0.2, 0.25) is 0 Å². The number of thiazole rings is 1. The van der Waals surface area contributed by atoms with Gasteiger partial charge in [0.1, 0.15) is 0 Å². The predicted molar refractivity (Wildman–Crippen MR) is 114 cm³/mol. The Labute approximate surface area is 179 Å². The molecule has 0 saturated heterocycles. The minimum atomic E-state index is -4.45. The number of carbonyl (C=O) groups is 1. The van der Waals surface area contributed by atoms with Crippen LogP contribution < -0.4 is 10.7 Å². The van der Waals surface area contributed by atoms with Gasteiger partial charge in [-0.25, -0.2) is 10.4 Å². The van der Waals surface area contributed by atoms with Crippen molar-refractivity contribution in [1.82, 2.24) is 14.8 Å². The fraction of sp³-hybridized carbons (Fsp3) is 0.0952. The monoisotopic (exact) mass is 443 g/mol. The van der Waals surface area contributed by atoms with Crippen molar-refractivity contribution in [2.45, 2.75) is 6.18 Å². The Morgan fingerprint density at radius 3 is 2.74 bits per heavy atom. The van der Waals surface area contributed by atoms with Crippen molar-refractivity contribution in [2.75, 3.05) is 11.9 Å². The number of hydrazone groups is 1. The van der Waals surface area contributed by atoms with Crippen LogP contribution in [0.25, 0.3) is 16.2 Å². The lowest BCUT2D eigenvalue weighted by Gasteiger charge is -2.10. The molecule has 2 heterocycles. The molecule has 0 unspecified atom stereocenters. The lowest BCUT2D eigenvalue weighted by atomic mass is 10.1. The number of fused-ring (bicyclic) bond motifs is 1. The maximum Gasteiger partial charge on any atom is 0.416 e. The van der Waals surface area contributed by atoms with Gasteiger partial charge in [-0.3, -0.25) is 9.20 Å². The lowest BCUT2D eigenvalue weighted by molar-refractivity contribution is -0.137. The summed E-state index contributed by atoms with van der Waals surface area (Å²) >= 11 is 1.48. The van der Waals surface area contributed by atoms with Crippen LogP contribution in [0.15, 0.2) is 71.3 Å². The van der Waals surface area contributed by atoms with Crippen LogP contribution >= 0.6 is 11.3 Å². The van der Waals surface area contributed by atoms with Crippen molar-refractivity contribution in [3.05, 3.63) is 77.4 Å². The fourth-order valence-corrected chi connectivity index (χ4v) is 3.65. The minimum absolute atomic E-state index is 0.191. The number of anilines is 1. The van der Waals surface area contributed by atoms with Gasteiger partial charge in [-0.1, -0.05) is 36.4 Å². The van der Waals surface area contributed by atoms with Gasteiger partial charge in [0.25, 0.3) is 5.91 Å². The molecule has 0 aliphatic carbocycles. The van der Waals surface area contributed by atoms with Crippen molar-refractivity contribution >= 4 is 34.1 Å². The quantitative estimate of drug-likeness (QED) is 0.337. The second-order valence-electron chi connectivity index (χ2n) is 6.49. The zero-order valence-corrected chi connectivity index (χ0v) is 16.7. The summed E-state index contributed by atoms with van der Waals surface area (Å²) in [6, 6.07) is 14.2. The highest BCUT2D eigenvalue weighted by Crippen LogP contribution is 2.30. The van der Waals surface area contributed by atoms with E-state index in [1.165, 1.54) is 29.7 Å². The van der Waals surface area contributed by atoms with E-state index >= 15 is 0 Å². The zero-order valence-electron chi connectivity index (χ0n) is 15.9. The van der Waals surface area contributed by atoms with E-state index in [0.717, 1.165) is 28.4 Å². The number of halogens is 3. The van der Waals surface area contributed by atoms with E-state index in [1.807, 2.05) is 46.3 Å². The summed E-state index contributed by atoms with van der Waals surface area (Å²) in [5.41, 5.74) is 4.13. The number of amides is 1. The molecule has 2 aromatic carbocycles. The average Bonchev–Trinajstić information content (AvgIpc) is 3.35. The first-order valence-electron chi connectivity index (χ1n) is 9.16. The third kappa shape index (κ3) is 4.75. The molecule has 6 nitrogen and oxygen atoms in total. The molecule has 0 atom stereocenters. The van der Waals surface area contributed by atoms with E-state index in [1.54, 1.807) is 0 Å². The summed E-state index contributed by atoms with van der Waals surface area (Å²) in [7, 11) is 0. The molecule has 10 heteroatoms. The van der Waals surface area contributed by atoms with Crippen LogP contribution in [0, 0.1) is 0 Å². The molecule has 0 aliphatic rings. The van der Waals surface area contributed by atoms with Gasteiger partial charge in [0.15, 0.2) is 4.96 Å². The molecule has 0 fully saturated rings. The second kappa shape index (κ2) is 8.60. The van der Waals surface area contributed by atoms with Gasteiger partial charge in [0.2, 0.25) is 0 Å². The average molecular weight is 443 g/mol. The van der Waals surface area contributed by atoms with Gasteiger partial charge in [0, 0.05) is 22.8 Å². The first-order valence-corrected chi connectivity index (χ1v) is 10.0. The molecule has 0 saturated carbocycles. The molecule has 0 radical (unpaired) electrons. The number of carbonyl (C=O) groups excluding carboxylic acids is 1. The number of nitrogens with one attached hydrogen (secondary N) is 2. The number of alkyl halides is 3. The molecule has 4 aromatic rings. The van der Waals surface area contributed by atoms with Crippen molar-refractivity contribution in [1.29, 1.82) is 0 Å². The molecule has 31 heavy (non-hydrogen) atoms. The van der Waals surface area contributed by atoms with Crippen LogP contribution in [0.3, 0.4) is 0 Å². The van der Waals surface area contributed by atoms with Gasteiger partial charge < -0.3 is 5.32 Å². The molecule has 0 spiro atoms. The Balaban J connectivity index is 1.43. The number of hydrogen-bond acceptors (Lipinski definition) is 5. The maximum absolute atomic E-state index is 12.8. The van der Waals surface area contributed by atoms with E-state index in [2.05, 4.69) is 20.8 Å². The molecule has 4 rings (SSSR count). The van der Waals surface area contributed by atoms with Gasteiger partial charge in [0.05, 0.1) is 29.7 Å². The number of benzene rings is 2. The van der Waals surface area contributed by atoms with Crippen molar-refractivity contribution in [2.24, 2.45) is 5.10 Å². The first kappa shape index (κ1) is 20.6. The summed E-state index contributed by atoms with van der Waals surface area (Å²) < 4.78 is 40.2. The summed E-state index contributed by atoms with van der Waals surface area (Å²) in [5.74, 6) is -0.499. The van der Waals surface area contributed by atoms with Crippen molar-refractivity contribution in [3.63, 3.8) is 0 Å². The van der Waals surface area contributed by atoms with E-state index < -0.39 is 17.6 Å². The number of aromatic nitrogens is 2. The lowest BCUT2D eigenvalue weighted by Crippen LogP contribution is -2.26. The highest BCUT2D eigenvalue weighted by molar-refractivity contribution is 7.15. The number of hydrogen-bond donors (Lipinski definition) is 2. The number of imidazole rings is 1. The van der Waals surface area contributed by atoms with E-state index in [9.17, 15) is 18.0 Å². The Morgan fingerprint density at radius 2 is 1.97 bits per heavy atom. The second-order valence-corrected chi connectivity index (χ2v) is 7.37. The Bertz CT molecular complexity index is 1230. The topological polar surface area (TPSA) is 70.8 Å². The Morgan fingerprint density at radius 1 is 1.16 bits per heavy atom. The largest absolute Gasteiger partial charge is 0.416 e. The van der Waals surface area contributed by atoms with Gasteiger partial charge in [-0.2, -0.15) is 18.3 Å². The Kier molecular flexibility index (Phi) is 5.72. The first-order chi connectivity index (χ1) is 14.9. The van der Waals surface area contributed by atoms with Crippen molar-refractivity contribution < 1.29 is 18.0 Å². The normalized spacial score (nSPS) is 11.8. The van der Waals surface area contributed by atoms with Crippen LogP contribution in [0.4, 0.5) is 18.9 Å². The smallest absolute Gasteiger partial charge is 0.376 e. The van der Waals surface area contributed by atoms with Crippen LogP contribution in [0.1, 0.15) is 11.3 Å². The fourth-order valence-electron chi connectivity index (χ4n) is 2.93. The molecular formula is C21H16F3N5OS. The number of rotatable bonds is 6. The van der Waals surface area contributed by atoms with Gasteiger partial charge in [-0.15, -0.1) is 11.3 Å². The predicted octanol–water partition coefficient (Wildman–Crippen LogP) is 4.64. The molecule has 158 valence electrons. The Hall–Kier alpha value is -3.66. The van der Waals surface area contributed by atoms with E-state index in [4.69, 9.17) is 0 Å². The third-order valence-corrected chi connectivity index (χ3v) is 5.12. The van der Waals surface area contributed by atoms with Crippen LogP contribution in [0.5, 0.6) is 0 Å². The molecule has 2 aromatic heterocycles. The standard InChI is InChI=1S/C21H16F3N5OS/c22-21(23,24)15-7-4-8-16(11-15)25-13-18(30)28-26-12-17-19(14-5-2-1-3-6-14)27-20-29(17)9-10-31-20/h1-12,25H,13H2,(H,28,30)/b26-12-. The zero-order chi connectivity index (χ0) is 21.8. The molecule has 1 amide bonds. The highest BCUT2D eigenvalue weighted by Gasteiger charge is 2.30. The summed E-state index contributed by atoms with van der Waals surface area (Å²) in [6.07, 6.45) is -1.09. The summed E-state index contributed by atoms with van der Waals surface area (Å²) in [6.45, 7) is -0.232. The van der Waals surface area contributed by atoms with Crippen LogP contribution in [-0.4, -0.2) is 28.1 Å². The molecular weight excluding hydrogens is 427 g/mol. The molecule has 0 bridgehead atoms. The van der Waals surface area contributed by atoms with Crippen LogP contribution in [-0.2, 0) is 11.0 Å². The van der Waals surface area contributed by atoms with E-state index in [-0.39, 0.29) is 12.2 Å². The van der Waals surface area contributed by atoms with E-state index in [0.29, 0.717) is 5.69 Å². The van der Waals surface area contributed by atoms with Gasteiger partial charge in [-0.05, 0) is 18.2 Å². The highest BCUT2D eigenvalue weighted by atomic mass is 32.1.